The SMILES string of the molecule is CC(C)(C)c1ccc(-c2ccc3ccc4c(-c5ccc(C(C)(C)C)cc5)cc(-c5nc6cc(-c7ccc(F)cc7)ccc6o5)c5ccc2c3c45)cc1. The molecule has 0 radical (unpaired) electrons. The lowest BCUT2D eigenvalue weighted by molar-refractivity contribution is 0.590. The maximum Gasteiger partial charge on any atom is 0.227 e. The number of oxazole rings is 1. The van der Waals surface area contributed by atoms with Crippen molar-refractivity contribution in [2.75, 3.05) is 0 Å². The fourth-order valence-corrected chi connectivity index (χ4v) is 7.73. The molecule has 0 saturated carbocycles. The highest BCUT2D eigenvalue weighted by molar-refractivity contribution is 6.29. The van der Waals surface area contributed by atoms with Crippen LogP contribution in [0.1, 0.15) is 52.7 Å². The van der Waals surface area contributed by atoms with Crippen molar-refractivity contribution in [3.63, 3.8) is 0 Å². The van der Waals surface area contributed by atoms with Crippen LogP contribution in [0.5, 0.6) is 0 Å². The van der Waals surface area contributed by atoms with Crippen molar-refractivity contribution in [1.29, 1.82) is 0 Å². The lowest BCUT2D eigenvalue weighted by atomic mass is 9.83. The van der Waals surface area contributed by atoms with Gasteiger partial charge < -0.3 is 4.42 Å². The zero-order valence-corrected chi connectivity index (χ0v) is 30.4. The molecule has 3 heteroatoms. The highest BCUT2D eigenvalue weighted by atomic mass is 19.1. The molecule has 0 bridgehead atoms. The molecule has 2 nitrogen and oxygen atoms in total. The number of fused-ring (bicyclic) bond motifs is 1. The van der Waals surface area contributed by atoms with E-state index < -0.39 is 0 Å². The molecule has 0 N–H and O–H groups in total. The maximum atomic E-state index is 13.7. The number of rotatable bonds is 4. The van der Waals surface area contributed by atoms with E-state index in [0.717, 1.165) is 38.7 Å². The number of benzene rings is 8. The van der Waals surface area contributed by atoms with Gasteiger partial charge in [-0.2, -0.15) is 0 Å². The van der Waals surface area contributed by atoms with Crippen molar-refractivity contribution in [1.82, 2.24) is 4.98 Å². The molecule has 1 aromatic heterocycles. The van der Waals surface area contributed by atoms with Gasteiger partial charge in [-0.15, -0.1) is 0 Å². The van der Waals surface area contributed by atoms with E-state index in [2.05, 4.69) is 133 Å². The molecule has 254 valence electrons. The van der Waals surface area contributed by atoms with Gasteiger partial charge in [-0.05, 0) is 118 Å². The van der Waals surface area contributed by atoms with Gasteiger partial charge in [0.2, 0.25) is 5.89 Å². The van der Waals surface area contributed by atoms with Gasteiger partial charge in [0.05, 0.1) is 0 Å². The summed E-state index contributed by atoms with van der Waals surface area (Å²) in [5, 5.41) is 7.20. The molecule has 0 atom stereocenters. The number of hydrogen-bond acceptors (Lipinski definition) is 2. The van der Waals surface area contributed by atoms with Crippen molar-refractivity contribution < 1.29 is 8.81 Å². The molecule has 0 aliphatic heterocycles. The second-order valence-corrected chi connectivity index (χ2v) is 16.2. The van der Waals surface area contributed by atoms with Crippen LogP contribution in [0.15, 0.2) is 138 Å². The van der Waals surface area contributed by atoms with Crippen LogP contribution in [0, 0.1) is 5.82 Å². The summed E-state index contributed by atoms with van der Waals surface area (Å²) < 4.78 is 20.3. The highest BCUT2D eigenvalue weighted by Gasteiger charge is 2.22. The molecule has 52 heavy (non-hydrogen) atoms. The number of hydrogen-bond donors (Lipinski definition) is 0. The molecule has 9 aromatic rings. The standard InChI is InChI=1S/C49H40FNO/c1-48(2,3)34-16-7-30(8-17-34)37-22-13-32-14-23-39-41(31-9-18-35(19-10-31)49(4,5)6)28-42(40-25-24-38(37)45(32)46(39)40)47-51-43-27-33(15-26-44(43)52-47)29-11-20-36(50)21-12-29/h7-28H,1-6H3. The Labute approximate surface area is 303 Å². The van der Waals surface area contributed by atoms with Crippen molar-refractivity contribution in [2.45, 2.75) is 52.4 Å². The van der Waals surface area contributed by atoms with Crippen LogP contribution in [0.2, 0.25) is 0 Å². The summed E-state index contributed by atoms with van der Waals surface area (Å²) in [7, 11) is 0. The van der Waals surface area contributed by atoms with Gasteiger partial charge in [0.15, 0.2) is 5.58 Å². The molecule has 9 rings (SSSR count). The predicted octanol–water partition coefficient (Wildman–Crippen LogP) is 14.1. The summed E-state index contributed by atoms with van der Waals surface area (Å²) in [5.41, 5.74) is 11.8. The first-order valence-corrected chi connectivity index (χ1v) is 18.1. The lowest BCUT2D eigenvalue weighted by Gasteiger charge is -2.21. The average Bonchev–Trinajstić information content (AvgIpc) is 3.57. The minimum atomic E-state index is -0.253. The number of aromatic nitrogens is 1. The van der Waals surface area contributed by atoms with Gasteiger partial charge in [0.25, 0.3) is 0 Å². The molecule has 8 aromatic carbocycles. The van der Waals surface area contributed by atoms with Crippen LogP contribution in [0.3, 0.4) is 0 Å². The molecule has 0 unspecified atom stereocenters. The highest BCUT2D eigenvalue weighted by Crippen LogP contribution is 2.46. The van der Waals surface area contributed by atoms with Crippen LogP contribution in [-0.2, 0) is 10.8 Å². The summed E-state index contributed by atoms with van der Waals surface area (Å²) in [4.78, 5) is 5.10. The van der Waals surface area contributed by atoms with Gasteiger partial charge in [0.1, 0.15) is 11.3 Å². The van der Waals surface area contributed by atoms with E-state index in [-0.39, 0.29) is 16.6 Å². The van der Waals surface area contributed by atoms with E-state index in [9.17, 15) is 4.39 Å². The van der Waals surface area contributed by atoms with E-state index in [1.54, 1.807) is 12.1 Å². The Morgan fingerprint density at radius 1 is 0.462 bits per heavy atom. The molecule has 0 spiro atoms. The summed E-state index contributed by atoms with van der Waals surface area (Å²) >= 11 is 0. The summed E-state index contributed by atoms with van der Waals surface area (Å²) in [6.45, 7) is 13.5. The topological polar surface area (TPSA) is 26.0 Å². The van der Waals surface area contributed by atoms with Gasteiger partial charge in [-0.3, -0.25) is 0 Å². The first kappa shape index (κ1) is 32.1. The number of nitrogens with zero attached hydrogens (tertiary/aromatic N) is 1. The van der Waals surface area contributed by atoms with Gasteiger partial charge in [-0.25, -0.2) is 9.37 Å². The summed E-state index contributed by atoms with van der Waals surface area (Å²) in [6, 6.07) is 46.4. The third kappa shape index (κ3) is 5.35. The fourth-order valence-electron chi connectivity index (χ4n) is 7.73. The largest absolute Gasteiger partial charge is 0.436 e. The van der Waals surface area contributed by atoms with Crippen molar-refractivity contribution >= 4 is 43.4 Å². The van der Waals surface area contributed by atoms with Crippen LogP contribution < -0.4 is 0 Å². The van der Waals surface area contributed by atoms with E-state index in [1.807, 2.05) is 18.2 Å². The molecule has 0 aliphatic rings. The second kappa shape index (κ2) is 11.6. The van der Waals surface area contributed by atoms with Crippen molar-refractivity contribution in [3.05, 3.63) is 150 Å². The first-order chi connectivity index (χ1) is 24.9. The van der Waals surface area contributed by atoms with Crippen LogP contribution in [0.25, 0.3) is 88.3 Å². The Morgan fingerprint density at radius 2 is 0.981 bits per heavy atom. The van der Waals surface area contributed by atoms with Crippen molar-refractivity contribution in [2.24, 2.45) is 0 Å². The minimum Gasteiger partial charge on any atom is -0.436 e. The smallest absolute Gasteiger partial charge is 0.227 e. The molecule has 1 heterocycles. The molecule has 0 amide bonds. The Bertz CT molecular complexity index is 2770. The first-order valence-electron chi connectivity index (χ1n) is 18.1. The predicted molar refractivity (Wildman–Crippen MR) is 217 cm³/mol. The Hall–Kier alpha value is -5.80. The zero-order valence-electron chi connectivity index (χ0n) is 30.4. The molecule has 0 aliphatic carbocycles. The molecular formula is C49H40FNO. The van der Waals surface area contributed by atoms with Crippen LogP contribution >= 0.6 is 0 Å². The van der Waals surface area contributed by atoms with Crippen LogP contribution in [0.4, 0.5) is 4.39 Å². The van der Waals surface area contributed by atoms with Gasteiger partial charge >= 0.3 is 0 Å². The zero-order chi connectivity index (χ0) is 35.9. The molecular weight excluding hydrogens is 638 g/mol. The fraction of sp³-hybridized carbons (Fsp3) is 0.163. The Morgan fingerprint density at radius 3 is 1.62 bits per heavy atom. The minimum absolute atomic E-state index is 0.0544. The van der Waals surface area contributed by atoms with E-state index in [4.69, 9.17) is 9.40 Å². The quantitative estimate of drug-likeness (QED) is 0.173. The second-order valence-electron chi connectivity index (χ2n) is 16.2. The van der Waals surface area contributed by atoms with E-state index >= 15 is 0 Å². The average molecular weight is 678 g/mol. The van der Waals surface area contributed by atoms with Gasteiger partial charge in [-0.1, -0.05) is 145 Å². The number of halogens is 1. The summed E-state index contributed by atoms with van der Waals surface area (Å²) in [5.74, 6) is 0.326. The molecule has 0 fully saturated rings. The lowest BCUT2D eigenvalue weighted by Crippen LogP contribution is -2.10. The van der Waals surface area contributed by atoms with Crippen molar-refractivity contribution in [3.8, 4) is 44.8 Å². The third-order valence-electron chi connectivity index (χ3n) is 10.7. The Balaban J connectivity index is 1.29. The summed E-state index contributed by atoms with van der Waals surface area (Å²) in [6.07, 6.45) is 0. The van der Waals surface area contributed by atoms with E-state index in [0.29, 0.717) is 11.5 Å². The molecule has 0 saturated heterocycles. The van der Waals surface area contributed by atoms with Crippen LogP contribution in [-0.4, -0.2) is 4.98 Å². The monoisotopic (exact) mass is 677 g/mol. The normalized spacial score (nSPS) is 12.5. The Kier molecular flexibility index (Phi) is 7.18. The third-order valence-corrected chi connectivity index (χ3v) is 10.7. The maximum absolute atomic E-state index is 13.7. The van der Waals surface area contributed by atoms with Gasteiger partial charge in [0, 0.05) is 5.56 Å². The van der Waals surface area contributed by atoms with E-state index in [1.165, 1.54) is 61.3 Å².